The Bertz CT molecular complexity index is 405. The van der Waals surface area contributed by atoms with Gasteiger partial charge in [-0.2, -0.15) is 0 Å². The normalized spacial score (nSPS) is 12.2. The quantitative estimate of drug-likeness (QED) is 0.682. The molecule has 0 heterocycles. The Hall–Kier alpha value is -1.42. The summed E-state index contributed by atoms with van der Waals surface area (Å²) in [4.78, 5) is 14.0. The van der Waals surface area contributed by atoms with Crippen molar-refractivity contribution in [2.45, 2.75) is 39.7 Å². The fourth-order valence-electron chi connectivity index (χ4n) is 2.20. The molecule has 1 rings (SSSR count). The van der Waals surface area contributed by atoms with Crippen molar-refractivity contribution >= 4 is 5.91 Å². The van der Waals surface area contributed by atoms with Crippen molar-refractivity contribution < 1.29 is 13.9 Å². The fraction of sp³-hybridized carbons (Fsp3) is 0.562. The van der Waals surface area contributed by atoms with Crippen molar-refractivity contribution in [2.75, 3.05) is 19.8 Å². The summed E-state index contributed by atoms with van der Waals surface area (Å²) in [6.07, 6.45) is 1.22. The van der Waals surface area contributed by atoms with Gasteiger partial charge in [-0.05, 0) is 44.9 Å². The van der Waals surface area contributed by atoms with E-state index in [-0.39, 0.29) is 17.8 Å². The molecule has 0 aromatic heterocycles. The number of rotatable bonds is 8. The average Bonchev–Trinajstić information content (AvgIpc) is 2.45. The number of amides is 1. The molecule has 4 heteroatoms. The van der Waals surface area contributed by atoms with E-state index in [0.29, 0.717) is 26.2 Å². The van der Waals surface area contributed by atoms with Gasteiger partial charge in [0, 0.05) is 26.2 Å². The van der Waals surface area contributed by atoms with Crippen LogP contribution in [-0.2, 0) is 9.53 Å². The van der Waals surface area contributed by atoms with Crippen molar-refractivity contribution in [2.24, 2.45) is 0 Å². The summed E-state index contributed by atoms with van der Waals surface area (Å²) >= 11 is 0. The van der Waals surface area contributed by atoms with Gasteiger partial charge in [0.05, 0.1) is 6.04 Å². The predicted molar refractivity (Wildman–Crippen MR) is 77.9 cm³/mol. The minimum absolute atomic E-state index is 0.0415. The highest BCUT2D eigenvalue weighted by Crippen LogP contribution is 2.21. The molecule has 1 amide bonds. The number of carbonyl (C=O) groups is 1. The minimum atomic E-state index is -0.257. The first-order valence-corrected chi connectivity index (χ1v) is 7.22. The van der Waals surface area contributed by atoms with Crippen LogP contribution < -0.4 is 0 Å². The van der Waals surface area contributed by atoms with Crippen molar-refractivity contribution in [3.63, 3.8) is 0 Å². The third-order valence-corrected chi connectivity index (χ3v) is 3.36. The number of halogens is 1. The second-order valence-corrected chi connectivity index (χ2v) is 4.71. The molecule has 0 saturated heterocycles. The van der Waals surface area contributed by atoms with Crippen LogP contribution in [0.15, 0.2) is 24.3 Å². The van der Waals surface area contributed by atoms with Crippen LogP contribution in [0.3, 0.4) is 0 Å². The summed E-state index contributed by atoms with van der Waals surface area (Å²) in [5, 5.41) is 0. The smallest absolute Gasteiger partial charge is 0.223 e. The summed E-state index contributed by atoms with van der Waals surface area (Å²) in [6, 6.07) is 6.28. The van der Waals surface area contributed by atoms with Crippen molar-refractivity contribution in [1.82, 2.24) is 4.90 Å². The van der Waals surface area contributed by atoms with Crippen LogP contribution in [0.1, 0.15) is 45.2 Å². The van der Waals surface area contributed by atoms with Crippen molar-refractivity contribution in [1.29, 1.82) is 0 Å². The highest BCUT2D eigenvalue weighted by Gasteiger charge is 2.19. The third-order valence-electron chi connectivity index (χ3n) is 3.36. The van der Waals surface area contributed by atoms with Crippen molar-refractivity contribution in [3.05, 3.63) is 35.6 Å². The van der Waals surface area contributed by atoms with Gasteiger partial charge in [0.2, 0.25) is 5.91 Å². The van der Waals surface area contributed by atoms with E-state index in [1.807, 2.05) is 25.7 Å². The van der Waals surface area contributed by atoms with Crippen molar-refractivity contribution in [3.8, 4) is 0 Å². The van der Waals surface area contributed by atoms with E-state index in [4.69, 9.17) is 4.74 Å². The number of ether oxygens (including phenoxy) is 1. The Labute approximate surface area is 120 Å². The van der Waals surface area contributed by atoms with Crippen LogP contribution in [0.2, 0.25) is 0 Å². The van der Waals surface area contributed by atoms with Crippen LogP contribution in [0.25, 0.3) is 0 Å². The molecule has 112 valence electrons. The second-order valence-electron chi connectivity index (χ2n) is 4.71. The molecule has 3 nitrogen and oxygen atoms in total. The van der Waals surface area contributed by atoms with Crippen LogP contribution in [0, 0.1) is 5.82 Å². The van der Waals surface area contributed by atoms with E-state index in [1.165, 1.54) is 12.1 Å². The van der Waals surface area contributed by atoms with Gasteiger partial charge in [-0.1, -0.05) is 12.1 Å². The molecule has 0 bridgehead atoms. The third kappa shape index (κ3) is 4.93. The molecule has 1 atom stereocenters. The number of hydrogen-bond donors (Lipinski definition) is 0. The standard InChI is InChI=1S/C16H24FNO2/c1-4-18(16(19)7-6-12-20-5-2)13(3)14-8-10-15(17)11-9-14/h8-11,13H,4-7,12H2,1-3H3. The molecule has 0 N–H and O–H groups in total. The Morgan fingerprint density at radius 3 is 2.50 bits per heavy atom. The van der Waals surface area contributed by atoms with Gasteiger partial charge in [-0.3, -0.25) is 4.79 Å². The molecule has 20 heavy (non-hydrogen) atoms. The zero-order valence-corrected chi connectivity index (χ0v) is 12.6. The highest BCUT2D eigenvalue weighted by molar-refractivity contribution is 5.76. The zero-order chi connectivity index (χ0) is 15.0. The van der Waals surface area contributed by atoms with Crippen LogP contribution >= 0.6 is 0 Å². The first-order chi connectivity index (χ1) is 9.60. The van der Waals surface area contributed by atoms with Crippen LogP contribution in [-0.4, -0.2) is 30.6 Å². The highest BCUT2D eigenvalue weighted by atomic mass is 19.1. The predicted octanol–water partition coefficient (Wildman–Crippen LogP) is 3.55. The molecule has 1 unspecified atom stereocenters. The molecule has 1 aromatic rings. The van der Waals surface area contributed by atoms with E-state index in [1.54, 1.807) is 12.1 Å². The minimum Gasteiger partial charge on any atom is -0.382 e. The Balaban J connectivity index is 2.59. The molecular weight excluding hydrogens is 257 g/mol. The van der Waals surface area contributed by atoms with Gasteiger partial charge < -0.3 is 9.64 Å². The van der Waals surface area contributed by atoms with Crippen LogP contribution in [0.5, 0.6) is 0 Å². The molecule has 0 aliphatic heterocycles. The van der Waals surface area contributed by atoms with Gasteiger partial charge in [-0.15, -0.1) is 0 Å². The Morgan fingerprint density at radius 1 is 1.30 bits per heavy atom. The largest absolute Gasteiger partial charge is 0.382 e. The number of nitrogens with zero attached hydrogens (tertiary/aromatic N) is 1. The lowest BCUT2D eigenvalue weighted by Crippen LogP contribution is -2.33. The molecule has 0 aliphatic rings. The zero-order valence-electron chi connectivity index (χ0n) is 12.6. The maximum absolute atomic E-state index is 12.9. The summed E-state index contributed by atoms with van der Waals surface area (Å²) < 4.78 is 18.2. The maximum Gasteiger partial charge on any atom is 0.223 e. The van der Waals surface area contributed by atoms with E-state index in [2.05, 4.69) is 0 Å². The van der Waals surface area contributed by atoms with E-state index >= 15 is 0 Å². The van der Waals surface area contributed by atoms with E-state index in [0.717, 1.165) is 12.0 Å². The monoisotopic (exact) mass is 281 g/mol. The van der Waals surface area contributed by atoms with Gasteiger partial charge in [-0.25, -0.2) is 4.39 Å². The molecule has 0 fully saturated rings. The Kier molecular flexibility index (Phi) is 7.23. The van der Waals surface area contributed by atoms with Gasteiger partial charge in [0.25, 0.3) is 0 Å². The van der Waals surface area contributed by atoms with E-state index < -0.39 is 0 Å². The molecular formula is C16H24FNO2. The fourth-order valence-corrected chi connectivity index (χ4v) is 2.20. The van der Waals surface area contributed by atoms with Gasteiger partial charge >= 0.3 is 0 Å². The second kappa shape index (κ2) is 8.69. The number of hydrogen-bond acceptors (Lipinski definition) is 2. The van der Waals surface area contributed by atoms with Gasteiger partial charge in [0.15, 0.2) is 0 Å². The first-order valence-electron chi connectivity index (χ1n) is 7.22. The Morgan fingerprint density at radius 2 is 1.95 bits per heavy atom. The lowest BCUT2D eigenvalue weighted by molar-refractivity contribution is -0.133. The molecule has 0 saturated carbocycles. The molecule has 0 aliphatic carbocycles. The topological polar surface area (TPSA) is 29.5 Å². The molecule has 0 radical (unpaired) electrons. The van der Waals surface area contributed by atoms with E-state index in [9.17, 15) is 9.18 Å². The lowest BCUT2D eigenvalue weighted by Gasteiger charge is -2.28. The SMILES string of the molecule is CCOCCCC(=O)N(CC)C(C)c1ccc(F)cc1. The summed E-state index contributed by atoms with van der Waals surface area (Å²) in [5.74, 6) is -0.143. The first kappa shape index (κ1) is 16.6. The summed E-state index contributed by atoms with van der Waals surface area (Å²) in [6.45, 7) is 7.81. The average molecular weight is 281 g/mol. The van der Waals surface area contributed by atoms with Crippen LogP contribution in [0.4, 0.5) is 4.39 Å². The summed E-state index contributed by atoms with van der Waals surface area (Å²) in [7, 11) is 0. The number of benzene rings is 1. The summed E-state index contributed by atoms with van der Waals surface area (Å²) in [5.41, 5.74) is 0.950. The maximum atomic E-state index is 12.9. The molecule has 1 aromatic carbocycles. The molecule has 0 spiro atoms. The lowest BCUT2D eigenvalue weighted by atomic mass is 10.1. The van der Waals surface area contributed by atoms with Gasteiger partial charge in [0.1, 0.15) is 5.82 Å². The number of carbonyl (C=O) groups excluding carboxylic acids is 1.